The van der Waals surface area contributed by atoms with E-state index in [9.17, 15) is 0 Å². The molecule has 1 nitrogen and oxygen atoms in total. The molecule has 1 aromatic carbocycles. The molecule has 2 aromatic rings. The van der Waals surface area contributed by atoms with E-state index in [4.69, 9.17) is 0 Å². The van der Waals surface area contributed by atoms with Crippen molar-refractivity contribution in [1.82, 2.24) is 4.98 Å². The fraction of sp³-hybridized carbons (Fsp3) is 0.0714. The third-order valence-electron chi connectivity index (χ3n) is 2.35. The molecule has 0 saturated carbocycles. The van der Waals surface area contributed by atoms with Crippen LogP contribution in [0.2, 0.25) is 0 Å². The Labute approximate surface area is 90.1 Å². The maximum Gasteiger partial charge on any atom is 0.0624 e. The Bertz CT molecular complexity index is 469. The number of aryl methyl sites for hydroxylation is 1. The largest absolute Gasteiger partial charge is 0.256 e. The maximum absolute atomic E-state index is 4.29. The molecule has 0 spiro atoms. The maximum atomic E-state index is 4.29. The molecule has 0 saturated heterocycles. The summed E-state index contributed by atoms with van der Waals surface area (Å²) in [6, 6.07) is 12.5. The lowest BCUT2D eigenvalue weighted by Crippen LogP contribution is -1.83. The molecule has 0 aliphatic rings. The first-order valence-electron chi connectivity index (χ1n) is 4.95. The summed E-state index contributed by atoms with van der Waals surface area (Å²) in [5, 5.41) is 0. The van der Waals surface area contributed by atoms with Crippen molar-refractivity contribution in [2.75, 3.05) is 0 Å². The van der Waals surface area contributed by atoms with E-state index >= 15 is 0 Å². The van der Waals surface area contributed by atoms with E-state index in [2.05, 4.69) is 48.8 Å². The molecule has 0 radical (unpaired) electrons. The Morgan fingerprint density at radius 3 is 2.60 bits per heavy atom. The van der Waals surface area contributed by atoms with E-state index in [1.807, 2.05) is 12.3 Å². The van der Waals surface area contributed by atoms with Crippen molar-refractivity contribution < 1.29 is 0 Å². The van der Waals surface area contributed by atoms with Gasteiger partial charge in [0.05, 0.1) is 5.69 Å². The van der Waals surface area contributed by atoms with Crippen molar-refractivity contribution in [3.8, 4) is 11.1 Å². The summed E-state index contributed by atoms with van der Waals surface area (Å²) >= 11 is 0. The Morgan fingerprint density at radius 1 is 1.13 bits per heavy atom. The second kappa shape index (κ2) is 4.09. The van der Waals surface area contributed by atoms with Gasteiger partial charge in [0.2, 0.25) is 0 Å². The van der Waals surface area contributed by atoms with Crippen LogP contribution in [0.25, 0.3) is 17.2 Å². The van der Waals surface area contributed by atoms with Crippen molar-refractivity contribution in [1.29, 1.82) is 0 Å². The first-order valence-corrected chi connectivity index (χ1v) is 4.95. The predicted molar refractivity (Wildman–Crippen MR) is 64.5 cm³/mol. The Kier molecular flexibility index (Phi) is 2.64. The second-order valence-corrected chi connectivity index (χ2v) is 3.55. The van der Waals surface area contributed by atoms with Crippen molar-refractivity contribution in [3.63, 3.8) is 0 Å². The minimum absolute atomic E-state index is 0.909. The number of rotatable bonds is 2. The summed E-state index contributed by atoms with van der Waals surface area (Å²) in [4.78, 5) is 4.29. The quantitative estimate of drug-likeness (QED) is 0.712. The number of nitrogens with zero attached hydrogens (tertiary/aromatic N) is 1. The minimum atomic E-state index is 0.909. The highest BCUT2D eigenvalue weighted by molar-refractivity contribution is 5.64. The van der Waals surface area contributed by atoms with Crippen LogP contribution in [0.4, 0.5) is 0 Å². The van der Waals surface area contributed by atoms with Gasteiger partial charge in [-0.05, 0) is 24.6 Å². The zero-order chi connectivity index (χ0) is 10.7. The lowest BCUT2D eigenvalue weighted by atomic mass is 10.1. The van der Waals surface area contributed by atoms with E-state index in [0.717, 1.165) is 11.3 Å². The van der Waals surface area contributed by atoms with Crippen molar-refractivity contribution in [3.05, 3.63) is 60.4 Å². The molecule has 1 heterocycles. The van der Waals surface area contributed by atoms with Crippen LogP contribution in [0.3, 0.4) is 0 Å². The van der Waals surface area contributed by atoms with Gasteiger partial charge in [0.15, 0.2) is 0 Å². The van der Waals surface area contributed by atoms with Gasteiger partial charge in [-0.1, -0.05) is 42.5 Å². The van der Waals surface area contributed by atoms with Gasteiger partial charge in [-0.2, -0.15) is 0 Å². The average Bonchev–Trinajstić information content (AvgIpc) is 2.29. The third-order valence-corrected chi connectivity index (χ3v) is 2.35. The molecular weight excluding hydrogens is 182 g/mol. The van der Waals surface area contributed by atoms with Crippen LogP contribution < -0.4 is 0 Å². The summed E-state index contributed by atoms with van der Waals surface area (Å²) < 4.78 is 0. The molecule has 1 heteroatoms. The predicted octanol–water partition coefficient (Wildman–Crippen LogP) is 3.70. The van der Waals surface area contributed by atoms with Gasteiger partial charge >= 0.3 is 0 Å². The second-order valence-electron chi connectivity index (χ2n) is 3.55. The van der Waals surface area contributed by atoms with Crippen LogP contribution in [-0.4, -0.2) is 4.98 Å². The van der Waals surface area contributed by atoms with Gasteiger partial charge in [0.1, 0.15) is 0 Å². The third kappa shape index (κ3) is 2.13. The summed E-state index contributed by atoms with van der Waals surface area (Å²) in [5.74, 6) is 0. The van der Waals surface area contributed by atoms with Crippen molar-refractivity contribution >= 4 is 6.08 Å². The van der Waals surface area contributed by atoms with Gasteiger partial charge in [0.25, 0.3) is 0 Å². The van der Waals surface area contributed by atoms with Crippen LogP contribution >= 0.6 is 0 Å². The van der Waals surface area contributed by atoms with Crippen LogP contribution in [0.15, 0.2) is 49.2 Å². The first kappa shape index (κ1) is 9.66. The SMILES string of the molecule is C=Cc1ccc(-c2cccc(C)c2)cn1. The van der Waals surface area contributed by atoms with Gasteiger partial charge in [-0.25, -0.2) is 0 Å². The summed E-state index contributed by atoms with van der Waals surface area (Å²) in [7, 11) is 0. The van der Waals surface area contributed by atoms with Crippen LogP contribution in [0, 0.1) is 6.92 Å². The highest BCUT2D eigenvalue weighted by Crippen LogP contribution is 2.19. The highest BCUT2D eigenvalue weighted by Gasteiger charge is 1.97. The molecule has 0 unspecified atom stereocenters. The molecule has 0 aliphatic heterocycles. The van der Waals surface area contributed by atoms with Crippen LogP contribution in [0.1, 0.15) is 11.3 Å². The van der Waals surface area contributed by atoms with Gasteiger partial charge < -0.3 is 0 Å². The van der Waals surface area contributed by atoms with E-state index in [0.29, 0.717) is 0 Å². The molecule has 74 valence electrons. The molecule has 1 aromatic heterocycles. The van der Waals surface area contributed by atoms with Gasteiger partial charge in [-0.15, -0.1) is 0 Å². The molecule has 0 amide bonds. The molecular formula is C14H13N. The Hall–Kier alpha value is -1.89. The highest BCUT2D eigenvalue weighted by atomic mass is 14.7. The lowest BCUT2D eigenvalue weighted by molar-refractivity contribution is 1.29. The summed E-state index contributed by atoms with van der Waals surface area (Å²) in [5.41, 5.74) is 4.52. The fourth-order valence-electron chi connectivity index (χ4n) is 1.52. The van der Waals surface area contributed by atoms with Gasteiger partial charge in [-0.3, -0.25) is 4.98 Å². The molecule has 2 rings (SSSR count). The average molecular weight is 195 g/mol. The standard InChI is InChI=1S/C14H13N/c1-3-14-8-7-13(10-15-14)12-6-4-5-11(2)9-12/h3-10H,1H2,2H3. The molecule has 0 bridgehead atoms. The Morgan fingerprint density at radius 2 is 2.00 bits per heavy atom. The van der Waals surface area contributed by atoms with E-state index < -0.39 is 0 Å². The fourth-order valence-corrected chi connectivity index (χ4v) is 1.52. The van der Waals surface area contributed by atoms with Crippen molar-refractivity contribution in [2.45, 2.75) is 6.92 Å². The molecule has 0 aliphatic carbocycles. The number of aromatic nitrogens is 1. The first-order chi connectivity index (χ1) is 7.29. The molecule has 0 N–H and O–H groups in total. The van der Waals surface area contributed by atoms with E-state index in [-0.39, 0.29) is 0 Å². The van der Waals surface area contributed by atoms with Crippen molar-refractivity contribution in [2.24, 2.45) is 0 Å². The smallest absolute Gasteiger partial charge is 0.0624 e. The topological polar surface area (TPSA) is 12.9 Å². The summed E-state index contributed by atoms with van der Waals surface area (Å²) in [6.45, 7) is 5.78. The Balaban J connectivity index is 2.41. The monoisotopic (exact) mass is 195 g/mol. The number of hydrogen-bond acceptors (Lipinski definition) is 1. The van der Waals surface area contributed by atoms with E-state index in [1.54, 1.807) is 6.08 Å². The lowest BCUT2D eigenvalue weighted by Gasteiger charge is -2.02. The van der Waals surface area contributed by atoms with Crippen LogP contribution in [-0.2, 0) is 0 Å². The number of hydrogen-bond donors (Lipinski definition) is 0. The minimum Gasteiger partial charge on any atom is -0.256 e. The van der Waals surface area contributed by atoms with Crippen LogP contribution in [0.5, 0.6) is 0 Å². The number of benzene rings is 1. The summed E-state index contributed by atoms with van der Waals surface area (Å²) in [6.07, 6.45) is 3.63. The van der Waals surface area contributed by atoms with Gasteiger partial charge in [0, 0.05) is 11.8 Å². The molecule has 0 fully saturated rings. The number of pyridine rings is 1. The zero-order valence-corrected chi connectivity index (χ0v) is 8.77. The zero-order valence-electron chi connectivity index (χ0n) is 8.77. The normalized spacial score (nSPS) is 9.93. The molecule has 0 atom stereocenters. The molecule has 15 heavy (non-hydrogen) atoms. The van der Waals surface area contributed by atoms with E-state index in [1.165, 1.54) is 11.1 Å².